The highest BCUT2D eigenvalue weighted by atomic mass is 16.3. The average Bonchev–Trinajstić information content (AvgIpc) is 2.69. The van der Waals surface area contributed by atoms with Crippen LogP contribution >= 0.6 is 0 Å². The van der Waals surface area contributed by atoms with Crippen molar-refractivity contribution in [1.82, 2.24) is 0 Å². The van der Waals surface area contributed by atoms with Crippen molar-refractivity contribution in [3.63, 3.8) is 0 Å². The van der Waals surface area contributed by atoms with Gasteiger partial charge in [0.1, 0.15) is 0 Å². The zero-order chi connectivity index (χ0) is 22.6. The molecule has 0 heterocycles. The van der Waals surface area contributed by atoms with E-state index < -0.39 is 0 Å². The van der Waals surface area contributed by atoms with Crippen LogP contribution in [0, 0.1) is 56.7 Å². The largest absolute Gasteiger partial charge is 0.393 e. The summed E-state index contributed by atoms with van der Waals surface area (Å²) in [6.07, 6.45) is 14.5. The third kappa shape index (κ3) is 2.65. The highest BCUT2D eigenvalue weighted by molar-refractivity contribution is 5.22. The molecule has 1 N–H and O–H groups in total. The zero-order valence-electron chi connectivity index (χ0n) is 21.9. The van der Waals surface area contributed by atoms with Crippen molar-refractivity contribution < 1.29 is 5.11 Å². The van der Waals surface area contributed by atoms with Crippen LogP contribution in [0.3, 0.4) is 0 Å². The van der Waals surface area contributed by atoms with Gasteiger partial charge in [-0.1, -0.05) is 60.1 Å². The molecule has 1 heteroatoms. The lowest BCUT2D eigenvalue weighted by Gasteiger charge is -2.73. The lowest BCUT2D eigenvalue weighted by molar-refractivity contribution is -0.250. The van der Waals surface area contributed by atoms with Crippen LogP contribution in [0.25, 0.3) is 0 Å². The van der Waals surface area contributed by atoms with E-state index >= 15 is 0 Å². The van der Waals surface area contributed by atoms with Crippen molar-refractivity contribution in [3.05, 3.63) is 11.6 Å². The number of aliphatic hydroxyl groups is 1. The standard InChI is InChI=1S/C30H50O/c1-19-11-14-27(5)17-18-29(7)21(25(27)20(19)2)9-10-23-28(6)15-13-24(31)26(3,4)22(28)12-16-30(23,29)8/h11,20-25,31H,9-10,12-18H2,1-8H3. The van der Waals surface area contributed by atoms with E-state index in [1.807, 2.05) is 0 Å². The van der Waals surface area contributed by atoms with Crippen LogP contribution in [-0.2, 0) is 0 Å². The van der Waals surface area contributed by atoms with E-state index in [2.05, 4.69) is 61.5 Å². The molecule has 0 aromatic rings. The van der Waals surface area contributed by atoms with Crippen molar-refractivity contribution in [1.29, 1.82) is 0 Å². The van der Waals surface area contributed by atoms with Gasteiger partial charge in [0.25, 0.3) is 0 Å². The van der Waals surface area contributed by atoms with Gasteiger partial charge >= 0.3 is 0 Å². The highest BCUT2D eigenvalue weighted by Gasteiger charge is 2.69. The first-order valence-corrected chi connectivity index (χ1v) is 13.7. The normalized spacial score (nSPS) is 58.3. The molecule has 5 rings (SSSR count). The van der Waals surface area contributed by atoms with Gasteiger partial charge in [-0.05, 0) is 121 Å². The van der Waals surface area contributed by atoms with E-state index in [-0.39, 0.29) is 11.5 Å². The number of hydrogen-bond donors (Lipinski definition) is 1. The minimum atomic E-state index is -0.116. The molecule has 0 bridgehead atoms. The maximum atomic E-state index is 10.9. The van der Waals surface area contributed by atoms with Crippen LogP contribution in [0.2, 0.25) is 0 Å². The molecular weight excluding hydrogens is 376 g/mol. The first kappa shape index (κ1) is 22.5. The maximum Gasteiger partial charge on any atom is 0.0594 e. The molecule has 4 fully saturated rings. The second kappa shape index (κ2) is 6.64. The molecule has 0 radical (unpaired) electrons. The van der Waals surface area contributed by atoms with E-state index in [1.54, 1.807) is 5.57 Å². The third-order valence-electron chi connectivity index (χ3n) is 13.5. The van der Waals surface area contributed by atoms with E-state index in [0.717, 1.165) is 30.1 Å². The van der Waals surface area contributed by atoms with Crippen LogP contribution in [0.1, 0.15) is 113 Å². The van der Waals surface area contributed by atoms with Crippen molar-refractivity contribution in [2.45, 2.75) is 119 Å². The Hall–Kier alpha value is -0.300. The summed E-state index contributed by atoms with van der Waals surface area (Å²) in [4.78, 5) is 0. The van der Waals surface area contributed by atoms with Gasteiger partial charge in [0, 0.05) is 0 Å². The van der Waals surface area contributed by atoms with Crippen molar-refractivity contribution >= 4 is 0 Å². The Bertz CT molecular complexity index is 779. The first-order chi connectivity index (χ1) is 14.3. The Balaban J connectivity index is 1.55. The summed E-state index contributed by atoms with van der Waals surface area (Å²) in [5, 5.41) is 10.9. The SMILES string of the molecule is CC1=CCC2(C)CCC3(C)C(CCC4C5(C)CCC(O)C(C)(C)C5CCC43C)C2C1C. The number of fused-ring (bicyclic) bond motifs is 7. The molecule has 5 aliphatic carbocycles. The van der Waals surface area contributed by atoms with Crippen LogP contribution < -0.4 is 0 Å². The summed E-state index contributed by atoms with van der Waals surface area (Å²) in [6, 6.07) is 0. The molecule has 4 saturated carbocycles. The summed E-state index contributed by atoms with van der Waals surface area (Å²) in [5.41, 5.74) is 3.58. The van der Waals surface area contributed by atoms with E-state index in [0.29, 0.717) is 27.6 Å². The number of rotatable bonds is 0. The molecule has 31 heavy (non-hydrogen) atoms. The first-order valence-electron chi connectivity index (χ1n) is 13.7. The molecule has 0 spiro atoms. The topological polar surface area (TPSA) is 20.2 Å². The van der Waals surface area contributed by atoms with Gasteiger partial charge in [0.2, 0.25) is 0 Å². The van der Waals surface area contributed by atoms with Crippen LogP contribution in [0.5, 0.6) is 0 Å². The van der Waals surface area contributed by atoms with Gasteiger partial charge in [-0.25, -0.2) is 0 Å². The predicted octanol–water partition coefficient (Wildman–Crippen LogP) is 8.02. The highest BCUT2D eigenvalue weighted by Crippen LogP contribution is 2.76. The second-order valence-corrected chi connectivity index (χ2v) is 14.7. The van der Waals surface area contributed by atoms with Gasteiger partial charge in [0.15, 0.2) is 0 Å². The Morgan fingerprint density at radius 1 is 0.806 bits per heavy atom. The van der Waals surface area contributed by atoms with Gasteiger partial charge in [-0.2, -0.15) is 0 Å². The van der Waals surface area contributed by atoms with Gasteiger partial charge in [-0.15, -0.1) is 0 Å². The summed E-state index contributed by atoms with van der Waals surface area (Å²) >= 11 is 0. The number of hydrogen-bond acceptors (Lipinski definition) is 1. The molecule has 0 saturated heterocycles. The zero-order valence-corrected chi connectivity index (χ0v) is 21.9. The average molecular weight is 427 g/mol. The van der Waals surface area contributed by atoms with E-state index in [9.17, 15) is 5.11 Å². The fourth-order valence-electron chi connectivity index (χ4n) is 11.3. The lowest BCUT2D eigenvalue weighted by atomic mass is 9.31. The predicted molar refractivity (Wildman–Crippen MR) is 131 cm³/mol. The number of aliphatic hydroxyl groups excluding tert-OH is 1. The van der Waals surface area contributed by atoms with E-state index in [1.165, 1.54) is 51.4 Å². The third-order valence-corrected chi connectivity index (χ3v) is 13.5. The fraction of sp³-hybridized carbons (Fsp3) is 0.933. The minimum Gasteiger partial charge on any atom is -0.393 e. The summed E-state index contributed by atoms with van der Waals surface area (Å²) < 4.78 is 0. The summed E-state index contributed by atoms with van der Waals surface area (Å²) in [7, 11) is 0. The second-order valence-electron chi connectivity index (χ2n) is 14.7. The monoisotopic (exact) mass is 426 g/mol. The summed E-state index contributed by atoms with van der Waals surface area (Å²) in [6.45, 7) is 20.5. The van der Waals surface area contributed by atoms with Crippen molar-refractivity contribution in [3.8, 4) is 0 Å². The number of allylic oxidation sites excluding steroid dienone is 2. The Morgan fingerprint density at radius 2 is 1.52 bits per heavy atom. The van der Waals surface area contributed by atoms with Crippen LogP contribution in [0.4, 0.5) is 0 Å². The Labute approximate surface area is 192 Å². The van der Waals surface area contributed by atoms with Crippen LogP contribution in [-0.4, -0.2) is 11.2 Å². The molecule has 0 aromatic heterocycles. The lowest BCUT2D eigenvalue weighted by Crippen LogP contribution is -2.67. The van der Waals surface area contributed by atoms with Crippen molar-refractivity contribution in [2.75, 3.05) is 0 Å². The molecule has 0 aliphatic heterocycles. The molecule has 1 nitrogen and oxygen atoms in total. The molecule has 0 amide bonds. The molecule has 5 aliphatic rings. The minimum absolute atomic E-state index is 0.0665. The van der Waals surface area contributed by atoms with E-state index in [4.69, 9.17) is 0 Å². The Morgan fingerprint density at radius 3 is 2.23 bits per heavy atom. The Kier molecular flexibility index (Phi) is 4.82. The molecular formula is C30H50O. The maximum absolute atomic E-state index is 10.9. The molecule has 0 aromatic carbocycles. The summed E-state index contributed by atoms with van der Waals surface area (Å²) in [5.74, 6) is 4.00. The van der Waals surface area contributed by atoms with Crippen molar-refractivity contribution in [2.24, 2.45) is 56.7 Å². The molecule has 10 atom stereocenters. The molecule has 10 unspecified atom stereocenters. The fourth-order valence-corrected chi connectivity index (χ4v) is 11.3. The smallest absolute Gasteiger partial charge is 0.0594 e. The van der Waals surface area contributed by atoms with Gasteiger partial charge < -0.3 is 5.11 Å². The van der Waals surface area contributed by atoms with Crippen LogP contribution in [0.15, 0.2) is 11.6 Å². The van der Waals surface area contributed by atoms with Gasteiger partial charge in [-0.3, -0.25) is 0 Å². The molecule has 176 valence electrons. The van der Waals surface area contributed by atoms with Gasteiger partial charge in [0.05, 0.1) is 6.10 Å². The quantitative estimate of drug-likeness (QED) is 0.389.